The van der Waals surface area contributed by atoms with E-state index in [9.17, 15) is 4.79 Å². The van der Waals surface area contributed by atoms with Gasteiger partial charge in [-0.25, -0.2) is 4.79 Å². The molecule has 0 atom stereocenters. The molecular weight excluding hydrogens is 354 g/mol. The first-order valence-corrected chi connectivity index (χ1v) is 9.13. The second-order valence-corrected chi connectivity index (χ2v) is 6.83. The highest BCUT2D eigenvalue weighted by atomic mass is 32.1. The molecule has 4 heteroatoms. The summed E-state index contributed by atoms with van der Waals surface area (Å²) < 4.78 is 5.48. The van der Waals surface area contributed by atoms with E-state index in [-0.39, 0.29) is 12.6 Å². The zero-order valence-electron chi connectivity index (χ0n) is 15.4. The average Bonchev–Trinajstić information content (AvgIpc) is 2.68. The number of anilines is 1. The van der Waals surface area contributed by atoms with Crippen molar-refractivity contribution >= 4 is 28.9 Å². The zero-order valence-corrected chi connectivity index (χ0v) is 16.2. The summed E-state index contributed by atoms with van der Waals surface area (Å²) in [4.78, 5) is 12.9. The van der Waals surface area contributed by atoms with E-state index in [2.05, 4.69) is 5.32 Å². The van der Waals surface area contributed by atoms with Crippen molar-refractivity contribution in [2.75, 3.05) is 5.32 Å². The molecule has 3 rings (SSSR count). The monoisotopic (exact) mass is 375 g/mol. The van der Waals surface area contributed by atoms with Gasteiger partial charge in [-0.1, -0.05) is 77.9 Å². The zero-order chi connectivity index (χ0) is 19.2. The fraction of sp³-hybridized carbons (Fsp3) is 0.130. The molecule has 27 heavy (non-hydrogen) atoms. The van der Waals surface area contributed by atoms with Crippen molar-refractivity contribution in [3.8, 4) is 0 Å². The lowest BCUT2D eigenvalue weighted by molar-refractivity contribution is 0.0473. The topological polar surface area (TPSA) is 38.3 Å². The van der Waals surface area contributed by atoms with Gasteiger partial charge in [-0.05, 0) is 32.0 Å². The maximum Gasteiger partial charge on any atom is 0.338 e. The summed E-state index contributed by atoms with van der Waals surface area (Å²) >= 11 is 5.51. The molecule has 0 radical (unpaired) electrons. The van der Waals surface area contributed by atoms with Gasteiger partial charge < -0.3 is 10.1 Å². The minimum Gasteiger partial charge on any atom is -0.457 e. The molecule has 0 aliphatic rings. The Morgan fingerprint density at radius 2 is 1.41 bits per heavy atom. The predicted molar refractivity (Wildman–Crippen MR) is 113 cm³/mol. The van der Waals surface area contributed by atoms with Crippen LogP contribution in [0.1, 0.15) is 32.6 Å². The van der Waals surface area contributed by atoms with Crippen molar-refractivity contribution in [3.05, 3.63) is 101 Å². The number of esters is 1. The fourth-order valence-electron chi connectivity index (χ4n) is 2.58. The normalized spacial score (nSPS) is 10.3. The fourth-order valence-corrected chi connectivity index (χ4v) is 2.83. The van der Waals surface area contributed by atoms with Crippen molar-refractivity contribution in [1.82, 2.24) is 0 Å². The quantitative estimate of drug-likeness (QED) is 0.475. The van der Waals surface area contributed by atoms with Gasteiger partial charge in [0.05, 0.1) is 5.56 Å². The molecule has 0 unspecified atom stereocenters. The third-order valence-corrected chi connectivity index (χ3v) is 4.56. The summed E-state index contributed by atoms with van der Waals surface area (Å²) in [6, 6.07) is 23.0. The first-order chi connectivity index (χ1) is 13.0. The van der Waals surface area contributed by atoms with Crippen LogP contribution in [0.15, 0.2) is 72.8 Å². The largest absolute Gasteiger partial charge is 0.457 e. The van der Waals surface area contributed by atoms with Gasteiger partial charge in [-0.2, -0.15) is 0 Å². The number of carbonyl (C=O) groups excluding carboxylic acids is 1. The van der Waals surface area contributed by atoms with Crippen LogP contribution in [0.25, 0.3) is 0 Å². The lowest BCUT2D eigenvalue weighted by atomic mass is 10.1. The molecule has 0 aliphatic heterocycles. The van der Waals surface area contributed by atoms with Crippen LogP contribution in [-0.4, -0.2) is 11.0 Å². The minimum atomic E-state index is -0.342. The Hall–Kier alpha value is -2.98. The molecule has 136 valence electrons. The lowest BCUT2D eigenvalue weighted by Crippen LogP contribution is -2.13. The van der Waals surface area contributed by atoms with Crippen LogP contribution in [0.2, 0.25) is 0 Å². The van der Waals surface area contributed by atoms with Crippen LogP contribution in [0, 0.1) is 13.8 Å². The van der Waals surface area contributed by atoms with E-state index in [0.717, 1.165) is 22.4 Å². The number of benzene rings is 3. The summed E-state index contributed by atoms with van der Waals surface area (Å²) in [5.74, 6) is -0.342. The number of aryl methyl sites for hydroxylation is 2. The molecule has 1 N–H and O–H groups in total. The van der Waals surface area contributed by atoms with Gasteiger partial charge in [0.1, 0.15) is 11.6 Å². The molecule has 3 aromatic rings. The number of hydrogen-bond donors (Lipinski definition) is 1. The molecule has 0 saturated carbocycles. The Morgan fingerprint density at radius 3 is 2.04 bits per heavy atom. The molecule has 0 aromatic heterocycles. The molecule has 0 aliphatic carbocycles. The number of thiocarbonyl (C=S) groups is 1. The summed E-state index contributed by atoms with van der Waals surface area (Å²) in [5.41, 5.74) is 5.48. The molecule has 0 heterocycles. The molecule has 0 spiro atoms. The van der Waals surface area contributed by atoms with E-state index in [4.69, 9.17) is 17.0 Å². The maximum absolute atomic E-state index is 12.2. The average molecular weight is 375 g/mol. The lowest BCUT2D eigenvalue weighted by Gasteiger charge is -2.13. The van der Waals surface area contributed by atoms with Crippen LogP contribution >= 0.6 is 12.2 Å². The molecule has 3 aromatic carbocycles. The van der Waals surface area contributed by atoms with Crippen LogP contribution < -0.4 is 5.32 Å². The smallest absolute Gasteiger partial charge is 0.338 e. The number of hydrogen-bond acceptors (Lipinski definition) is 3. The highest BCUT2D eigenvalue weighted by Crippen LogP contribution is 2.19. The van der Waals surface area contributed by atoms with Crippen molar-refractivity contribution < 1.29 is 9.53 Å². The molecular formula is C23H21NO2S. The number of rotatable bonds is 5. The van der Waals surface area contributed by atoms with Crippen LogP contribution in [0.4, 0.5) is 5.69 Å². The second kappa shape index (κ2) is 8.60. The van der Waals surface area contributed by atoms with E-state index in [1.165, 1.54) is 5.56 Å². The standard InChI is InChI=1S/C23H21NO2S/c1-16-7-11-18(12-8-16)22(27)24-21-6-4-3-5-20(21)15-26-23(25)19-13-9-17(2)10-14-19/h3-14H,15H2,1-2H3,(H,24,27). The van der Waals surface area contributed by atoms with E-state index in [0.29, 0.717) is 10.6 Å². The molecule has 0 amide bonds. The summed E-state index contributed by atoms with van der Waals surface area (Å²) in [6.07, 6.45) is 0. The number of para-hydroxylation sites is 1. The third-order valence-electron chi connectivity index (χ3n) is 4.23. The first kappa shape index (κ1) is 18.8. The Labute approximate surface area is 165 Å². The SMILES string of the molecule is Cc1ccc(C(=O)OCc2ccccc2NC(=S)c2ccc(C)cc2)cc1. The highest BCUT2D eigenvalue weighted by Gasteiger charge is 2.10. The van der Waals surface area contributed by atoms with Gasteiger partial charge in [0, 0.05) is 16.8 Å². The molecule has 0 saturated heterocycles. The molecule has 0 bridgehead atoms. The third kappa shape index (κ3) is 5.02. The Bertz CT molecular complexity index is 947. The number of nitrogens with one attached hydrogen (secondary N) is 1. The first-order valence-electron chi connectivity index (χ1n) is 8.72. The van der Waals surface area contributed by atoms with Gasteiger partial charge in [0.15, 0.2) is 0 Å². The molecule has 0 fully saturated rings. The number of ether oxygens (including phenoxy) is 1. The highest BCUT2D eigenvalue weighted by molar-refractivity contribution is 7.81. The van der Waals surface area contributed by atoms with Gasteiger partial charge in [0.2, 0.25) is 0 Å². The van der Waals surface area contributed by atoms with Crippen molar-refractivity contribution in [2.45, 2.75) is 20.5 Å². The van der Waals surface area contributed by atoms with E-state index < -0.39 is 0 Å². The van der Waals surface area contributed by atoms with Crippen LogP contribution in [0.3, 0.4) is 0 Å². The van der Waals surface area contributed by atoms with Crippen LogP contribution in [0.5, 0.6) is 0 Å². The number of carbonyl (C=O) groups is 1. The van der Waals surface area contributed by atoms with Crippen molar-refractivity contribution in [2.24, 2.45) is 0 Å². The molecule has 3 nitrogen and oxygen atoms in total. The van der Waals surface area contributed by atoms with Crippen molar-refractivity contribution in [1.29, 1.82) is 0 Å². The Kier molecular flexibility index (Phi) is 5.99. The van der Waals surface area contributed by atoms with E-state index >= 15 is 0 Å². The maximum atomic E-state index is 12.2. The Morgan fingerprint density at radius 1 is 0.852 bits per heavy atom. The van der Waals surface area contributed by atoms with Gasteiger partial charge in [-0.15, -0.1) is 0 Å². The minimum absolute atomic E-state index is 0.173. The predicted octanol–water partition coefficient (Wildman–Crippen LogP) is 5.45. The van der Waals surface area contributed by atoms with Gasteiger partial charge in [0.25, 0.3) is 0 Å². The van der Waals surface area contributed by atoms with Crippen molar-refractivity contribution in [3.63, 3.8) is 0 Å². The van der Waals surface area contributed by atoms with Gasteiger partial charge >= 0.3 is 5.97 Å². The van der Waals surface area contributed by atoms with Crippen LogP contribution in [-0.2, 0) is 11.3 Å². The second-order valence-electron chi connectivity index (χ2n) is 6.42. The van der Waals surface area contributed by atoms with E-state index in [1.54, 1.807) is 12.1 Å². The summed E-state index contributed by atoms with van der Waals surface area (Å²) in [7, 11) is 0. The summed E-state index contributed by atoms with van der Waals surface area (Å²) in [5, 5.41) is 3.26. The van der Waals surface area contributed by atoms with E-state index in [1.807, 2.05) is 74.5 Å². The summed E-state index contributed by atoms with van der Waals surface area (Å²) in [6.45, 7) is 4.19. The van der Waals surface area contributed by atoms with Gasteiger partial charge in [-0.3, -0.25) is 0 Å². The Balaban J connectivity index is 1.68.